The van der Waals surface area contributed by atoms with Gasteiger partial charge in [-0.1, -0.05) is 0 Å². The average molecular weight is 292 g/mol. The van der Waals surface area contributed by atoms with Gasteiger partial charge < -0.3 is 25.6 Å². The third-order valence-electron chi connectivity index (χ3n) is 3.55. The molecule has 1 saturated heterocycles. The molecule has 2 unspecified atom stereocenters. The van der Waals surface area contributed by atoms with E-state index in [9.17, 15) is 0 Å². The number of imidazole rings is 1. The van der Waals surface area contributed by atoms with Crippen molar-refractivity contribution in [2.24, 2.45) is 0 Å². The van der Waals surface area contributed by atoms with Crippen LogP contribution >= 0.6 is 0 Å². The number of nitrogen functional groups attached to an aromatic ring is 1. The van der Waals surface area contributed by atoms with Crippen molar-refractivity contribution in [3.05, 3.63) is 6.33 Å². The lowest BCUT2D eigenvalue weighted by molar-refractivity contribution is -0.0980. The molecule has 2 aliphatic rings. The van der Waals surface area contributed by atoms with Gasteiger partial charge in [0.05, 0.1) is 19.5 Å². The van der Waals surface area contributed by atoms with Gasteiger partial charge in [0, 0.05) is 6.04 Å². The molecule has 112 valence electrons. The Bertz CT molecular complexity index is 670. The number of hydrogen-bond donors (Lipinski definition) is 3. The van der Waals surface area contributed by atoms with E-state index in [0.717, 1.165) is 12.8 Å². The Hall–Kier alpha value is -1.97. The smallest absolute Gasteiger partial charge is 0.224 e. The number of ether oxygens (including phenoxy) is 2. The van der Waals surface area contributed by atoms with Crippen molar-refractivity contribution in [1.82, 2.24) is 19.5 Å². The lowest BCUT2D eigenvalue weighted by Crippen LogP contribution is -2.15. The zero-order valence-electron chi connectivity index (χ0n) is 11.3. The quantitative estimate of drug-likeness (QED) is 0.711. The first-order valence-electron chi connectivity index (χ1n) is 6.89. The lowest BCUT2D eigenvalue weighted by atomic mass is 10.4. The molecule has 1 aliphatic carbocycles. The molecule has 0 aromatic carbocycles. The number of aliphatic hydroxyl groups is 1. The van der Waals surface area contributed by atoms with Crippen LogP contribution in [0.2, 0.25) is 0 Å². The van der Waals surface area contributed by atoms with Crippen LogP contribution in [0, 0.1) is 0 Å². The van der Waals surface area contributed by atoms with Gasteiger partial charge >= 0.3 is 0 Å². The summed E-state index contributed by atoms with van der Waals surface area (Å²) in [7, 11) is 0. The summed E-state index contributed by atoms with van der Waals surface area (Å²) in [5.41, 5.74) is 7.04. The van der Waals surface area contributed by atoms with Crippen molar-refractivity contribution in [2.45, 2.75) is 31.4 Å². The minimum absolute atomic E-state index is 0.185. The number of hydrogen-bond acceptors (Lipinski definition) is 8. The molecule has 1 saturated carbocycles. The third kappa shape index (κ3) is 2.28. The number of nitrogens with one attached hydrogen (secondary N) is 1. The first-order valence-corrected chi connectivity index (χ1v) is 6.89. The lowest BCUT2D eigenvalue weighted by Gasteiger charge is -2.12. The van der Waals surface area contributed by atoms with Gasteiger partial charge in [-0.3, -0.25) is 4.57 Å². The largest absolute Gasteiger partial charge is 0.391 e. The number of aliphatic hydroxyl groups excluding tert-OH is 1. The molecule has 1 aliphatic heterocycles. The van der Waals surface area contributed by atoms with Crippen LogP contribution < -0.4 is 11.1 Å². The van der Waals surface area contributed by atoms with Crippen LogP contribution in [0.3, 0.4) is 0 Å². The highest BCUT2D eigenvalue weighted by Gasteiger charge is 2.29. The van der Waals surface area contributed by atoms with Crippen molar-refractivity contribution in [3.63, 3.8) is 0 Å². The monoisotopic (exact) mass is 292 g/mol. The van der Waals surface area contributed by atoms with E-state index in [4.69, 9.17) is 20.3 Å². The summed E-state index contributed by atoms with van der Waals surface area (Å²) in [5.74, 6) is 0.835. The van der Waals surface area contributed by atoms with E-state index >= 15 is 0 Å². The Balaban J connectivity index is 1.71. The van der Waals surface area contributed by atoms with Gasteiger partial charge in [-0.25, -0.2) is 4.98 Å². The molecule has 0 radical (unpaired) electrons. The minimum Gasteiger partial charge on any atom is -0.391 e. The maximum Gasteiger partial charge on any atom is 0.224 e. The predicted octanol–water partition coefficient (Wildman–Crippen LogP) is -0.153. The van der Waals surface area contributed by atoms with Gasteiger partial charge in [0.25, 0.3) is 0 Å². The normalized spacial score (nSPS) is 25.6. The van der Waals surface area contributed by atoms with Crippen LogP contribution in [0.15, 0.2) is 6.33 Å². The van der Waals surface area contributed by atoms with Gasteiger partial charge in [-0.15, -0.1) is 0 Å². The molecule has 0 amide bonds. The molecule has 21 heavy (non-hydrogen) atoms. The summed E-state index contributed by atoms with van der Waals surface area (Å²) in [6.45, 7) is 0.140. The number of fused-ring (bicyclic) bond motifs is 1. The van der Waals surface area contributed by atoms with Crippen molar-refractivity contribution in [3.8, 4) is 0 Å². The molecule has 9 nitrogen and oxygen atoms in total. The summed E-state index contributed by atoms with van der Waals surface area (Å²) in [6, 6.07) is 0.442. The minimum atomic E-state index is -0.615. The van der Waals surface area contributed by atoms with Crippen LogP contribution in [0.1, 0.15) is 19.1 Å². The zero-order valence-corrected chi connectivity index (χ0v) is 11.3. The molecule has 4 rings (SSSR count). The molecule has 3 heterocycles. The van der Waals surface area contributed by atoms with Crippen LogP contribution in [0.4, 0.5) is 11.8 Å². The predicted molar refractivity (Wildman–Crippen MR) is 73.3 cm³/mol. The van der Waals surface area contributed by atoms with E-state index in [1.807, 2.05) is 0 Å². The Morgan fingerprint density at radius 1 is 1.43 bits per heavy atom. The van der Waals surface area contributed by atoms with E-state index in [0.29, 0.717) is 29.6 Å². The summed E-state index contributed by atoms with van der Waals surface area (Å²) in [4.78, 5) is 12.8. The van der Waals surface area contributed by atoms with Crippen LogP contribution in [0.5, 0.6) is 0 Å². The van der Waals surface area contributed by atoms with E-state index in [1.165, 1.54) is 0 Å². The van der Waals surface area contributed by atoms with Crippen LogP contribution in [0.25, 0.3) is 11.2 Å². The maximum atomic E-state index is 9.06. The highest BCUT2D eigenvalue weighted by molar-refractivity contribution is 5.84. The molecular weight excluding hydrogens is 276 g/mol. The standard InChI is InChI=1S/C12H16N6O3/c13-12-16-10(15-6-1-2-6)9-11(17-12)18(5-14-9)7-4-20-8(3-19)21-7/h5-8,19H,1-4H2,(H3,13,15,16,17). The molecular formula is C12H16N6O3. The average Bonchev–Trinajstić information content (AvgIpc) is 3.01. The van der Waals surface area contributed by atoms with Gasteiger partial charge in [-0.2, -0.15) is 9.97 Å². The Morgan fingerprint density at radius 2 is 2.29 bits per heavy atom. The summed E-state index contributed by atoms with van der Waals surface area (Å²) in [5, 5.41) is 12.4. The third-order valence-corrected chi connectivity index (χ3v) is 3.55. The second-order valence-electron chi connectivity index (χ2n) is 5.21. The van der Waals surface area contributed by atoms with Gasteiger partial charge in [0.15, 0.2) is 29.5 Å². The Labute approximate surface area is 120 Å². The fraction of sp³-hybridized carbons (Fsp3) is 0.583. The number of nitrogens with two attached hydrogens (primary N) is 1. The van der Waals surface area contributed by atoms with Gasteiger partial charge in [0.2, 0.25) is 5.95 Å². The van der Waals surface area contributed by atoms with E-state index in [2.05, 4.69) is 20.3 Å². The topological polar surface area (TPSA) is 120 Å². The fourth-order valence-corrected chi connectivity index (χ4v) is 2.35. The Morgan fingerprint density at radius 3 is 3.00 bits per heavy atom. The van der Waals surface area contributed by atoms with E-state index < -0.39 is 6.29 Å². The molecule has 2 fully saturated rings. The SMILES string of the molecule is Nc1nc(NC2CC2)c2ncn(C3COC(CO)O3)c2n1. The fourth-order valence-electron chi connectivity index (χ4n) is 2.35. The first kappa shape index (κ1) is 12.7. The number of aromatic nitrogens is 4. The molecule has 2 aromatic heterocycles. The van der Waals surface area contributed by atoms with E-state index in [-0.39, 0.29) is 18.8 Å². The summed E-state index contributed by atoms with van der Waals surface area (Å²) < 4.78 is 12.6. The summed E-state index contributed by atoms with van der Waals surface area (Å²) >= 11 is 0. The van der Waals surface area contributed by atoms with E-state index in [1.54, 1.807) is 10.9 Å². The van der Waals surface area contributed by atoms with Crippen LogP contribution in [-0.4, -0.2) is 50.2 Å². The molecule has 0 bridgehead atoms. The molecule has 9 heteroatoms. The molecule has 0 spiro atoms. The first-order chi connectivity index (χ1) is 10.2. The number of anilines is 2. The van der Waals surface area contributed by atoms with Crippen molar-refractivity contribution in [2.75, 3.05) is 24.3 Å². The molecule has 4 N–H and O–H groups in total. The summed E-state index contributed by atoms with van der Waals surface area (Å²) in [6.07, 6.45) is 2.89. The molecule has 2 aromatic rings. The highest BCUT2D eigenvalue weighted by Crippen LogP contribution is 2.30. The van der Waals surface area contributed by atoms with Crippen molar-refractivity contribution < 1.29 is 14.6 Å². The maximum absolute atomic E-state index is 9.06. The van der Waals surface area contributed by atoms with Gasteiger partial charge in [0.1, 0.15) is 0 Å². The highest BCUT2D eigenvalue weighted by atomic mass is 16.7. The van der Waals surface area contributed by atoms with Crippen molar-refractivity contribution in [1.29, 1.82) is 0 Å². The van der Waals surface area contributed by atoms with Crippen molar-refractivity contribution >= 4 is 22.9 Å². The second kappa shape index (κ2) is 4.79. The second-order valence-corrected chi connectivity index (χ2v) is 5.21. The van der Waals surface area contributed by atoms with Gasteiger partial charge in [-0.05, 0) is 12.8 Å². The zero-order chi connectivity index (χ0) is 14.4. The number of nitrogens with zero attached hydrogens (tertiary/aromatic N) is 4. The Kier molecular flexibility index (Phi) is 2.91. The van der Waals surface area contributed by atoms with Crippen LogP contribution in [-0.2, 0) is 9.47 Å². The molecule has 2 atom stereocenters. The number of rotatable bonds is 4.